The Bertz CT molecular complexity index is 413. The van der Waals surface area contributed by atoms with Crippen molar-refractivity contribution < 1.29 is 9.90 Å². The number of rotatable bonds is 2. The maximum atomic E-state index is 11.8. The lowest BCUT2D eigenvalue weighted by molar-refractivity contribution is 0.0965. The summed E-state index contributed by atoms with van der Waals surface area (Å²) in [5, 5.41) is 9.97. The van der Waals surface area contributed by atoms with Crippen molar-refractivity contribution in [1.29, 1.82) is 0 Å². The van der Waals surface area contributed by atoms with Gasteiger partial charge in [-0.05, 0) is 18.9 Å². The number of carbonyl (C=O) groups is 1. The highest BCUT2D eigenvalue weighted by molar-refractivity contribution is 6.46. The highest BCUT2D eigenvalue weighted by atomic mass is 35.5. The van der Waals surface area contributed by atoms with Crippen LogP contribution in [0.1, 0.15) is 23.2 Å². The van der Waals surface area contributed by atoms with Crippen molar-refractivity contribution >= 4 is 40.6 Å². The lowest BCUT2D eigenvalue weighted by Gasteiger charge is -2.08. The number of halogens is 3. The molecule has 0 atom stereocenters. The number of hydrogen-bond donors (Lipinski definition) is 1. The first-order valence-corrected chi connectivity index (χ1v) is 5.56. The van der Waals surface area contributed by atoms with E-state index in [9.17, 15) is 9.90 Å². The molecule has 0 saturated heterocycles. The molecule has 1 aromatic carbocycles. The van der Waals surface area contributed by atoms with E-state index < -0.39 is 0 Å². The highest BCUT2D eigenvalue weighted by Crippen LogP contribution is 2.43. The average Bonchev–Trinajstić information content (AvgIpc) is 2.98. The maximum Gasteiger partial charge on any atom is 0.171 e. The topological polar surface area (TPSA) is 37.3 Å². The summed E-state index contributed by atoms with van der Waals surface area (Å²) in [6.45, 7) is 0. The van der Waals surface area contributed by atoms with E-state index in [1.807, 2.05) is 0 Å². The first kappa shape index (κ1) is 11.1. The molecule has 0 bridgehead atoms. The number of Topliss-reactive ketones (excluding diaryl/α,β-unsaturated/α-hetero) is 1. The van der Waals surface area contributed by atoms with Gasteiger partial charge in [0.25, 0.3) is 0 Å². The van der Waals surface area contributed by atoms with Crippen molar-refractivity contribution in [3.05, 3.63) is 26.7 Å². The molecule has 1 aromatic rings. The van der Waals surface area contributed by atoms with E-state index in [0.717, 1.165) is 12.8 Å². The van der Waals surface area contributed by atoms with Gasteiger partial charge in [0.15, 0.2) is 5.78 Å². The molecule has 0 aliphatic heterocycles. The Kier molecular flexibility index (Phi) is 2.84. The van der Waals surface area contributed by atoms with Crippen LogP contribution in [-0.2, 0) is 0 Å². The monoisotopic (exact) mass is 264 g/mol. The van der Waals surface area contributed by atoms with Crippen LogP contribution < -0.4 is 0 Å². The van der Waals surface area contributed by atoms with Gasteiger partial charge in [0.2, 0.25) is 0 Å². The number of phenols is 1. The molecule has 1 aliphatic rings. The zero-order valence-electron chi connectivity index (χ0n) is 7.56. The van der Waals surface area contributed by atoms with Crippen LogP contribution in [0.15, 0.2) is 6.07 Å². The third kappa shape index (κ3) is 1.94. The lowest BCUT2D eigenvalue weighted by atomic mass is 10.1. The van der Waals surface area contributed by atoms with Crippen molar-refractivity contribution in [2.45, 2.75) is 12.8 Å². The molecule has 2 rings (SSSR count). The molecule has 15 heavy (non-hydrogen) atoms. The van der Waals surface area contributed by atoms with E-state index in [2.05, 4.69) is 0 Å². The zero-order chi connectivity index (χ0) is 11.2. The Morgan fingerprint density at radius 1 is 1.27 bits per heavy atom. The van der Waals surface area contributed by atoms with Crippen LogP contribution in [0.4, 0.5) is 0 Å². The molecule has 1 fully saturated rings. The van der Waals surface area contributed by atoms with Crippen molar-refractivity contribution in [2.24, 2.45) is 5.92 Å². The molecule has 0 heterocycles. The van der Waals surface area contributed by atoms with Crippen molar-refractivity contribution in [3.63, 3.8) is 0 Å². The molecule has 1 N–H and O–H groups in total. The fourth-order valence-electron chi connectivity index (χ4n) is 1.36. The van der Waals surface area contributed by atoms with Crippen LogP contribution >= 0.6 is 34.8 Å². The van der Waals surface area contributed by atoms with Crippen molar-refractivity contribution in [2.75, 3.05) is 0 Å². The van der Waals surface area contributed by atoms with Gasteiger partial charge in [-0.25, -0.2) is 0 Å². The third-order valence-corrected chi connectivity index (χ3v) is 3.42. The average molecular weight is 266 g/mol. The van der Waals surface area contributed by atoms with E-state index in [4.69, 9.17) is 34.8 Å². The van der Waals surface area contributed by atoms with E-state index >= 15 is 0 Å². The van der Waals surface area contributed by atoms with Crippen LogP contribution in [0.2, 0.25) is 15.1 Å². The van der Waals surface area contributed by atoms with Gasteiger partial charge in [0.1, 0.15) is 5.75 Å². The first-order valence-electron chi connectivity index (χ1n) is 4.43. The van der Waals surface area contributed by atoms with E-state index in [1.54, 1.807) is 0 Å². The van der Waals surface area contributed by atoms with Gasteiger partial charge >= 0.3 is 0 Å². The molecule has 5 heteroatoms. The van der Waals surface area contributed by atoms with Gasteiger partial charge in [-0.3, -0.25) is 4.79 Å². The smallest absolute Gasteiger partial charge is 0.171 e. The molecule has 1 saturated carbocycles. The lowest BCUT2D eigenvalue weighted by Crippen LogP contribution is -2.03. The Balaban J connectivity index is 2.57. The van der Waals surface area contributed by atoms with Gasteiger partial charge in [0.05, 0.1) is 20.6 Å². The van der Waals surface area contributed by atoms with Crippen molar-refractivity contribution in [1.82, 2.24) is 0 Å². The fourth-order valence-corrected chi connectivity index (χ4v) is 2.06. The predicted octanol–water partition coefficient (Wildman–Crippen LogP) is 3.95. The third-order valence-electron chi connectivity index (χ3n) is 2.34. The molecule has 0 radical (unpaired) electrons. The molecule has 0 amide bonds. The number of phenolic OH excluding ortho intramolecular Hbond substituents is 1. The van der Waals surface area contributed by atoms with Gasteiger partial charge in [-0.15, -0.1) is 0 Å². The largest absolute Gasteiger partial charge is 0.506 e. The second-order valence-corrected chi connectivity index (χ2v) is 4.71. The molecule has 0 spiro atoms. The molecule has 80 valence electrons. The van der Waals surface area contributed by atoms with Crippen LogP contribution in [0.5, 0.6) is 5.75 Å². The first-order chi connectivity index (χ1) is 7.02. The number of carbonyl (C=O) groups excluding carboxylic acids is 1. The number of hydrogen-bond acceptors (Lipinski definition) is 2. The summed E-state index contributed by atoms with van der Waals surface area (Å²) in [5.74, 6) is -0.493. The van der Waals surface area contributed by atoms with Crippen LogP contribution in [-0.4, -0.2) is 10.9 Å². The maximum absolute atomic E-state index is 11.8. The van der Waals surface area contributed by atoms with E-state index in [-0.39, 0.29) is 38.1 Å². The molecule has 0 unspecified atom stereocenters. The Morgan fingerprint density at radius 2 is 1.87 bits per heavy atom. The summed E-state index contributed by atoms with van der Waals surface area (Å²) in [4.78, 5) is 11.8. The summed E-state index contributed by atoms with van der Waals surface area (Å²) in [5.41, 5.74) is 0.0525. The van der Waals surface area contributed by atoms with Gasteiger partial charge < -0.3 is 5.11 Å². The molecule has 0 aromatic heterocycles. The minimum atomic E-state index is -0.275. The zero-order valence-corrected chi connectivity index (χ0v) is 9.83. The Morgan fingerprint density at radius 3 is 2.40 bits per heavy atom. The number of benzene rings is 1. The van der Waals surface area contributed by atoms with Crippen LogP contribution in [0.25, 0.3) is 0 Å². The standard InChI is InChI=1S/C10H7Cl3O2/c11-5-3-6(12)10(15)7(8(5)13)9(14)4-1-2-4/h3-4,15H,1-2H2. The SMILES string of the molecule is O=C(c1c(O)c(Cl)cc(Cl)c1Cl)C1CC1. The van der Waals surface area contributed by atoms with Crippen LogP contribution in [0.3, 0.4) is 0 Å². The highest BCUT2D eigenvalue weighted by Gasteiger charge is 2.34. The normalized spacial score (nSPS) is 15.4. The summed E-state index contributed by atoms with van der Waals surface area (Å²) in [6, 6.07) is 1.32. The number of aromatic hydroxyl groups is 1. The molecular weight excluding hydrogens is 258 g/mol. The van der Waals surface area contributed by atoms with Crippen LogP contribution in [0, 0.1) is 5.92 Å². The van der Waals surface area contributed by atoms with E-state index in [0.29, 0.717) is 0 Å². The summed E-state index contributed by atoms with van der Waals surface area (Å²) in [6.07, 6.45) is 1.66. The summed E-state index contributed by atoms with van der Waals surface area (Å²) < 4.78 is 0. The quantitative estimate of drug-likeness (QED) is 0.649. The summed E-state index contributed by atoms with van der Waals surface area (Å²) >= 11 is 17.4. The van der Waals surface area contributed by atoms with Gasteiger partial charge in [-0.1, -0.05) is 34.8 Å². The number of ketones is 1. The fraction of sp³-hybridized carbons (Fsp3) is 0.300. The second-order valence-electron chi connectivity index (χ2n) is 3.52. The Labute approximate surface area is 102 Å². The molecule has 1 aliphatic carbocycles. The van der Waals surface area contributed by atoms with E-state index in [1.165, 1.54) is 6.07 Å². The minimum Gasteiger partial charge on any atom is -0.506 e. The summed E-state index contributed by atoms with van der Waals surface area (Å²) in [7, 11) is 0. The van der Waals surface area contributed by atoms with Crippen molar-refractivity contribution in [3.8, 4) is 5.75 Å². The molecular formula is C10H7Cl3O2. The minimum absolute atomic E-state index is 0.0390. The van der Waals surface area contributed by atoms with Gasteiger partial charge in [-0.2, -0.15) is 0 Å². The Hall–Kier alpha value is -0.440. The molecule has 2 nitrogen and oxygen atoms in total. The van der Waals surface area contributed by atoms with Gasteiger partial charge in [0, 0.05) is 5.92 Å². The predicted molar refractivity (Wildman–Crippen MR) is 60.2 cm³/mol. The second kappa shape index (κ2) is 3.85.